The molecular formula is C59H81N5O12S3. The van der Waals surface area contributed by atoms with E-state index in [0.29, 0.717) is 104 Å². The van der Waals surface area contributed by atoms with Crippen molar-refractivity contribution in [2.45, 2.75) is 159 Å². The maximum atomic E-state index is 15.1. The second-order valence-corrected chi connectivity index (χ2v) is 26.9. The van der Waals surface area contributed by atoms with Crippen LogP contribution in [0.5, 0.6) is 17.2 Å². The number of ether oxygens (including phenoxy) is 5. The van der Waals surface area contributed by atoms with E-state index in [4.69, 9.17) is 23.7 Å². The number of hydrogen-bond acceptors (Lipinski definition) is 15. The van der Waals surface area contributed by atoms with E-state index in [-0.39, 0.29) is 78.3 Å². The normalized spacial score (nSPS) is 27.3. The molecule has 5 amide bonds. The lowest BCUT2D eigenvalue weighted by Crippen LogP contribution is -2.72. The lowest BCUT2D eigenvalue weighted by Gasteiger charge is -2.56. The summed E-state index contributed by atoms with van der Waals surface area (Å²) in [6, 6.07) is 0.343. The van der Waals surface area contributed by atoms with Gasteiger partial charge in [-0.1, -0.05) is 63.5 Å². The van der Waals surface area contributed by atoms with E-state index >= 15 is 4.79 Å². The monoisotopic (exact) mass is 1150 g/mol. The van der Waals surface area contributed by atoms with E-state index in [1.165, 1.54) is 5.57 Å². The minimum Gasteiger partial charge on any atom is -0.506 e. The summed E-state index contributed by atoms with van der Waals surface area (Å²) in [7, 11) is 3.23. The van der Waals surface area contributed by atoms with Crippen molar-refractivity contribution in [3.63, 3.8) is 0 Å². The highest BCUT2D eigenvalue weighted by atomic mass is 33.1. The van der Waals surface area contributed by atoms with Crippen molar-refractivity contribution < 1.29 is 57.6 Å². The number of fused-ring (bicyclic) bond motifs is 3. The summed E-state index contributed by atoms with van der Waals surface area (Å²) in [6.07, 6.45) is 17.3. The number of phenols is 1. The molecule has 8 aliphatic rings. The second-order valence-electron chi connectivity index (χ2n) is 22.9. The fraction of sp³-hybridized carbons (Fsp3) is 0.627. The predicted octanol–water partition coefficient (Wildman–Crippen LogP) is 8.03. The van der Waals surface area contributed by atoms with E-state index in [0.717, 1.165) is 42.8 Å². The zero-order valence-corrected chi connectivity index (χ0v) is 49.6. The fourth-order valence-corrected chi connectivity index (χ4v) is 15.5. The first-order valence-corrected chi connectivity index (χ1v) is 31.6. The van der Waals surface area contributed by atoms with Gasteiger partial charge in [-0.05, 0) is 106 Å². The van der Waals surface area contributed by atoms with Gasteiger partial charge in [0.15, 0.2) is 22.8 Å². The molecule has 1 saturated carbocycles. The Bertz CT molecular complexity index is 2680. The molecule has 4 bridgehead atoms. The van der Waals surface area contributed by atoms with Gasteiger partial charge in [0, 0.05) is 90.0 Å². The summed E-state index contributed by atoms with van der Waals surface area (Å²) in [5, 5.41) is 27.1. The number of hydrogen-bond donors (Lipinski definition) is 6. The zero-order valence-electron chi connectivity index (χ0n) is 47.2. The van der Waals surface area contributed by atoms with E-state index in [1.807, 2.05) is 64.6 Å². The van der Waals surface area contributed by atoms with Crippen molar-refractivity contribution in [1.29, 1.82) is 0 Å². The van der Waals surface area contributed by atoms with E-state index in [9.17, 15) is 29.1 Å². The Morgan fingerprint density at radius 2 is 1.56 bits per heavy atom. The Balaban J connectivity index is 0.749. The van der Waals surface area contributed by atoms with Gasteiger partial charge in [-0.3, -0.25) is 24.0 Å². The minimum absolute atomic E-state index is 0.0237. The van der Waals surface area contributed by atoms with Crippen LogP contribution in [-0.4, -0.2) is 143 Å². The van der Waals surface area contributed by atoms with E-state index in [1.54, 1.807) is 40.7 Å². The lowest BCUT2D eigenvalue weighted by atomic mass is 9.51. The first-order chi connectivity index (χ1) is 37.7. The van der Waals surface area contributed by atoms with Gasteiger partial charge in [0.1, 0.15) is 28.4 Å². The third kappa shape index (κ3) is 13.3. The summed E-state index contributed by atoms with van der Waals surface area (Å²) in [6.45, 7) is 18.0. The summed E-state index contributed by atoms with van der Waals surface area (Å²) in [4.78, 5) is 79.6. The predicted molar refractivity (Wildman–Crippen MR) is 311 cm³/mol. The number of nitrogens with one attached hydrogen (secondary N) is 5. The summed E-state index contributed by atoms with van der Waals surface area (Å²) in [5.41, 5.74) is -0.792. The molecule has 5 heterocycles. The first kappa shape index (κ1) is 60.4. The molecule has 1 aromatic carbocycles. The van der Waals surface area contributed by atoms with Crippen LogP contribution >= 0.6 is 33.3 Å². The third-order valence-corrected chi connectivity index (χ3v) is 20.0. The summed E-state index contributed by atoms with van der Waals surface area (Å²) < 4.78 is 32.4. The molecular weight excluding hydrogens is 1070 g/mol. The Morgan fingerprint density at radius 3 is 2.30 bits per heavy atom. The molecule has 8 atom stereocenters. The second kappa shape index (κ2) is 26.0. The number of allylic oxidation sites excluding steroid dienone is 5. The standard InChI is InChI=1S/C59H81N5O12S3/c1-35(2)12-11-20-57(8)21-18-39-49(67)47-50(68)41-32-38-33-44-56(6,7)76-58(53(38)69,59(41,44)75-52(47)40(51(39)74-57)16-15-36(3)4)22-17-37(5)54(70)62-24-27-73-29-28-72-26-23-60-46(66)19-30-78-79-31-25-61-45(65)14-10-9-13-43-48-42(34-77-43)63-55(71)64-48/h12,15,17-18,21,32,38,42-44,48,67H,9-11,13-14,16,19-20,22-31,33-34H2,1-8H3,(H,60,66)(H,61,65)(H,62,70)(H2,63,64,71). The summed E-state index contributed by atoms with van der Waals surface area (Å²) >= 11 is 1.89. The molecule has 4 fully saturated rings. The molecule has 6 N–H and O–H groups in total. The Hall–Kier alpha value is -4.73. The van der Waals surface area contributed by atoms with Crippen molar-refractivity contribution in [2.24, 2.45) is 11.8 Å². The van der Waals surface area contributed by atoms with Gasteiger partial charge in [-0.15, -0.1) is 0 Å². The molecule has 3 aliphatic carbocycles. The molecule has 5 aliphatic heterocycles. The summed E-state index contributed by atoms with van der Waals surface area (Å²) in [5.74, 6) is 0.782. The van der Waals surface area contributed by atoms with Crippen molar-refractivity contribution in [2.75, 3.05) is 63.3 Å². The van der Waals surface area contributed by atoms with Gasteiger partial charge < -0.3 is 55.4 Å². The van der Waals surface area contributed by atoms with Gasteiger partial charge in [0.25, 0.3) is 0 Å². The Morgan fingerprint density at radius 1 is 0.848 bits per heavy atom. The number of unbranched alkanes of at least 4 members (excludes halogenated alkanes) is 1. The van der Waals surface area contributed by atoms with Crippen LogP contribution in [0.1, 0.15) is 135 Å². The van der Waals surface area contributed by atoms with Gasteiger partial charge in [0.05, 0.1) is 49.7 Å². The molecule has 9 rings (SSSR count). The lowest BCUT2D eigenvalue weighted by molar-refractivity contribution is -0.171. The van der Waals surface area contributed by atoms with Crippen LogP contribution in [0.2, 0.25) is 0 Å². The van der Waals surface area contributed by atoms with Crippen LogP contribution in [0.3, 0.4) is 0 Å². The average Bonchev–Trinajstić information content (AvgIpc) is 2.00. The molecule has 0 radical (unpaired) electrons. The van der Waals surface area contributed by atoms with Gasteiger partial charge >= 0.3 is 6.03 Å². The van der Waals surface area contributed by atoms with E-state index in [2.05, 4.69) is 46.5 Å². The largest absolute Gasteiger partial charge is 0.506 e. The Labute approximate surface area is 477 Å². The van der Waals surface area contributed by atoms with Crippen LogP contribution in [0.15, 0.2) is 52.7 Å². The fourth-order valence-electron chi connectivity index (χ4n) is 12.1. The number of phenolic OH excluding ortho intramolecular Hbond substituents is 1. The number of rotatable bonds is 29. The van der Waals surface area contributed by atoms with Crippen LogP contribution < -0.4 is 36.1 Å². The Kier molecular flexibility index (Phi) is 19.9. The first-order valence-electron chi connectivity index (χ1n) is 28.0. The number of benzene rings is 1. The zero-order chi connectivity index (χ0) is 56.7. The molecule has 1 aromatic rings. The van der Waals surface area contributed by atoms with Gasteiger partial charge in [0.2, 0.25) is 17.7 Å². The van der Waals surface area contributed by atoms with Crippen molar-refractivity contribution in [3.8, 4) is 17.2 Å². The molecule has 432 valence electrons. The number of ketones is 2. The number of amides is 5. The van der Waals surface area contributed by atoms with Crippen LogP contribution in [0.25, 0.3) is 6.08 Å². The van der Waals surface area contributed by atoms with Crippen LogP contribution in [-0.2, 0) is 39.8 Å². The molecule has 79 heavy (non-hydrogen) atoms. The number of thioether (sulfide) groups is 1. The highest BCUT2D eigenvalue weighted by Crippen LogP contribution is 2.68. The molecule has 17 nitrogen and oxygen atoms in total. The van der Waals surface area contributed by atoms with Crippen LogP contribution in [0, 0.1) is 11.8 Å². The van der Waals surface area contributed by atoms with Crippen LogP contribution in [0.4, 0.5) is 4.79 Å². The number of carbonyl (C=O) groups excluding carboxylic acids is 6. The van der Waals surface area contributed by atoms with Crippen molar-refractivity contribution >= 4 is 74.7 Å². The SMILES string of the molecule is CC(C)=CCCC1(C)C=Cc2c(O)c3c(c(CC=C(C)C)c2O1)OC12C(=CC4CC1C(C)(C)OC2(CC=C(C)C(=O)NCCOCCOCCNC(=O)CCSSCCNC(=O)CCCCC1SCC2NC(=O)NC21)C4=O)C3=O. The number of Topliss-reactive ketones (excluding diaryl/α,β-unsaturated/α-hetero) is 2. The highest BCUT2D eigenvalue weighted by Gasteiger charge is 2.81. The quantitative estimate of drug-likeness (QED) is 0.0147. The maximum Gasteiger partial charge on any atom is 0.315 e. The third-order valence-electron chi connectivity index (χ3n) is 16.1. The van der Waals surface area contributed by atoms with Crippen molar-refractivity contribution in [1.82, 2.24) is 26.6 Å². The molecule has 0 aromatic heterocycles. The molecule has 3 saturated heterocycles. The van der Waals surface area contributed by atoms with E-state index < -0.39 is 40.0 Å². The number of carbonyl (C=O) groups is 6. The van der Waals surface area contributed by atoms with Crippen molar-refractivity contribution in [3.05, 3.63) is 69.4 Å². The number of urea groups is 1. The average molecular weight is 1150 g/mol. The smallest absolute Gasteiger partial charge is 0.315 e. The number of aromatic hydroxyl groups is 1. The maximum absolute atomic E-state index is 15.1. The minimum atomic E-state index is -1.65. The highest BCUT2D eigenvalue weighted by molar-refractivity contribution is 8.76. The molecule has 1 spiro atoms. The van der Waals surface area contributed by atoms with Gasteiger partial charge in [-0.2, -0.15) is 11.8 Å². The van der Waals surface area contributed by atoms with Gasteiger partial charge in [-0.25, -0.2) is 4.79 Å². The molecule has 20 heteroatoms. The topological polar surface area (TPSA) is 229 Å². The molecule has 8 unspecified atom stereocenters.